The number of pyridine rings is 1. The van der Waals surface area contributed by atoms with Gasteiger partial charge in [0.2, 0.25) is 0 Å². The van der Waals surface area contributed by atoms with E-state index < -0.39 is 0 Å². The highest BCUT2D eigenvalue weighted by Gasteiger charge is 2.43. The molecule has 1 atom stereocenters. The number of hydrogen-bond donors (Lipinski definition) is 0. The van der Waals surface area contributed by atoms with E-state index in [0.717, 1.165) is 57.8 Å². The van der Waals surface area contributed by atoms with Crippen LogP contribution < -0.4 is 0 Å². The topological polar surface area (TPSA) is 41.7 Å². The summed E-state index contributed by atoms with van der Waals surface area (Å²) in [5.74, 6) is 1.02. The molecule has 2 aromatic heterocycles. The molecule has 134 valence electrons. The van der Waals surface area contributed by atoms with Gasteiger partial charge in [-0.05, 0) is 50.1 Å². The lowest BCUT2D eigenvalue weighted by molar-refractivity contribution is -0.0452. The van der Waals surface area contributed by atoms with Gasteiger partial charge in [-0.2, -0.15) is 0 Å². The Morgan fingerprint density at radius 1 is 1.28 bits per heavy atom. The van der Waals surface area contributed by atoms with Crippen molar-refractivity contribution < 1.29 is 9.15 Å². The second kappa shape index (κ2) is 7.28. The third-order valence-corrected chi connectivity index (χ3v) is 5.69. The average molecular weight is 341 g/mol. The van der Waals surface area contributed by atoms with Gasteiger partial charge in [-0.1, -0.05) is 6.07 Å². The summed E-state index contributed by atoms with van der Waals surface area (Å²) >= 11 is 0. The van der Waals surface area contributed by atoms with Crippen molar-refractivity contribution in [1.29, 1.82) is 0 Å². The second-order valence-electron chi connectivity index (χ2n) is 7.48. The van der Waals surface area contributed by atoms with Crippen LogP contribution in [0.25, 0.3) is 0 Å². The molecule has 2 aliphatic rings. The van der Waals surface area contributed by atoms with Gasteiger partial charge in [0, 0.05) is 38.1 Å². The van der Waals surface area contributed by atoms with Crippen LogP contribution in [0.1, 0.15) is 30.6 Å². The van der Waals surface area contributed by atoms with E-state index in [0.29, 0.717) is 6.04 Å². The number of aromatic nitrogens is 1. The number of piperidine rings is 1. The van der Waals surface area contributed by atoms with E-state index in [1.165, 1.54) is 5.56 Å². The highest BCUT2D eigenvalue weighted by molar-refractivity contribution is 5.09. The molecule has 1 spiro atoms. The van der Waals surface area contributed by atoms with E-state index in [9.17, 15) is 0 Å². The van der Waals surface area contributed by atoms with E-state index in [2.05, 4.69) is 27.9 Å². The molecule has 0 radical (unpaired) electrons. The summed E-state index contributed by atoms with van der Waals surface area (Å²) in [4.78, 5) is 9.11. The van der Waals surface area contributed by atoms with Gasteiger partial charge in [-0.3, -0.25) is 14.8 Å². The van der Waals surface area contributed by atoms with Crippen LogP contribution in [0.5, 0.6) is 0 Å². The van der Waals surface area contributed by atoms with E-state index in [1.54, 1.807) is 6.26 Å². The first-order chi connectivity index (χ1) is 12.2. The summed E-state index contributed by atoms with van der Waals surface area (Å²) in [7, 11) is 2.17. The zero-order chi connectivity index (χ0) is 17.1. The summed E-state index contributed by atoms with van der Waals surface area (Å²) in [5, 5.41) is 0. The Bertz CT molecular complexity index is 651. The van der Waals surface area contributed by atoms with Crippen LogP contribution in [0, 0.1) is 0 Å². The first-order valence-electron chi connectivity index (χ1n) is 9.20. The highest BCUT2D eigenvalue weighted by Crippen LogP contribution is 2.38. The molecular weight excluding hydrogens is 314 g/mol. The normalized spacial score (nSPS) is 23.5. The predicted molar refractivity (Wildman–Crippen MR) is 96.0 cm³/mol. The number of rotatable bonds is 5. The average Bonchev–Trinajstić information content (AvgIpc) is 3.29. The number of nitrogens with zero attached hydrogens (tertiary/aromatic N) is 3. The smallest absolute Gasteiger partial charge is 0.117 e. The van der Waals surface area contributed by atoms with Crippen LogP contribution in [0.4, 0.5) is 0 Å². The van der Waals surface area contributed by atoms with Crippen molar-refractivity contribution in [3.8, 4) is 0 Å². The standard InChI is InChI=1S/C20H27N3O2/c1-22(15-19-5-3-11-24-19)18-12-20(25-16-18)6-9-23(10-7-20)14-17-4-2-8-21-13-17/h2-5,8,11,13,18H,6-7,9-10,12,14-16H2,1H3. The summed E-state index contributed by atoms with van der Waals surface area (Å²) in [6.45, 7) is 4.88. The van der Waals surface area contributed by atoms with Crippen LogP contribution in [0.2, 0.25) is 0 Å². The molecule has 2 saturated heterocycles. The van der Waals surface area contributed by atoms with Gasteiger partial charge >= 0.3 is 0 Å². The molecule has 2 aromatic rings. The Morgan fingerprint density at radius 2 is 2.16 bits per heavy atom. The first kappa shape index (κ1) is 16.8. The van der Waals surface area contributed by atoms with E-state index in [-0.39, 0.29) is 5.60 Å². The maximum atomic E-state index is 6.32. The molecule has 4 rings (SSSR count). The summed E-state index contributed by atoms with van der Waals surface area (Å²) in [6.07, 6.45) is 8.92. The molecule has 2 aliphatic heterocycles. The maximum absolute atomic E-state index is 6.32. The van der Waals surface area contributed by atoms with E-state index in [4.69, 9.17) is 9.15 Å². The lowest BCUT2D eigenvalue weighted by Gasteiger charge is -2.39. The minimum absolute atomic E-state index is 0.0769. The van der Waals surface area contributed by atoms with Crippen molar-refractivity contribution >= 4 is 0 Å². The summed E-state index contributed by atoms with van der Waals surface area (Å²) in [6, 6.07) is 8.64. The number of likely N-dealkylation sites (tertiary alicyclic amines) is 1. The van der Waals surface area contributed by atoms with Crippen molar-refractivity contribution in [3.63, 3.8) is 0 Å². The van der Waals surface area contributed by atoms with Crippen molar-refractivity contribution in [3.05, 3.63) is 54.2 Å². The van der Waals surface area contributed by atoms with Gasteiger partial charge < -0.3 is 9.15 Å². The van der Waals surface area contributed by atoms with Crippen LogP contribution in [-0.4, -0.2) is 53.2 Å². The van der Waals surface area contributed by atoms with Gasteiger partial charge in [0.1, 0.15) is 5.76 Å². The lowest BCUT2D eigenvalue weighted by atomic mass is 9.87. The fourth-order valence-corrected chi connectivity index (χ4v) is 4.10. The predicted octanol–water partition coefficient (Wildman–Crippen LogP) is 2.93. The molecule has 5 heteroatoms. The Kier molecular flexibility index (Phi) is 4.88. The van der Waals surface area contributed by atoms with Gasteiger partial charge in [0.15, 0.2) is 0 Å². The Hall–Kier alpha value is -1.69. The van der Waals surface area contributed by atoms with E-state index in [1.807, 2.05) is 30.6 Å². The fourth-order valence-electron chi connectivity index (χ4n) is 4.10. The maximum Gasteiger partial charge on any atom is 0.117 e. The number of likely N-dealkylation sites (N-methyl/N-ethyl adjacent to an activating group) is 1. The Labute approximate surface area is 149 Å². The van der Waals surface area contributed by atoms with Gasteiger partial charge in [0.05, 0.1) is 25.0 Å². The molecule has 4 heterocycles. The molecule has 0 saturated carbocycles. The molecule has 0 N–H and O–H groups in total. The molecule has 0 aromatic carbocycles. The number of furan rings is 1. The zero-order valence-corrected chi connectivity index (χ0v) is 14.9. The molecule has 0 bridgehead atoms. The fraction of sp³-hybridized carbons (Fsp3) is 0.550. The molecule has 0 amide bonds. The van der Waals surface area contributed by atoms with Crippen molar-refractivity contribution in [2.45, 2.75) is 44.0 Å². The summed E-state index contributed by atoms with van der Waals surface area (Å²) in [5.41, 5.74) is 1.37. The zero-order valence-electron chi connectivity index (χ0n) is 14.9. The minimum Gasteiger partial charge on any atom is -0.468 e. The van der Waals surface area contributed by atoms with Crippen LogP contribution in [-0.2, 0) is 17.8 Å². The molecule has 2 fully saturated rings. The molecule has 5 nitrogen and oxygen atoms in total. The van der Waals surface area contributed by atoms with Crippen molar-refractivity contribution in [1.82, 2.24) is 14.8 Å². The lowest BCUT2D eigenvalue weighted by Crippen LogP contribution is -2.44. The minimum atomic E-state index is 0.0769. The van der Waals surface area contributed by atoms with Crippen LogP contribution in [0.15, 0.2) is 47.3 Å². The van der Waals surface area contributed by atoms with Crippen LogP contribution in [0.3, 0.4) is 0 Å². The SMILES string of the molecule is CN(Cc1ccco1)C1COC2(CCN(Cc3cccnc3)CC2)C1. The van der Waals surface area contributed by atoms with Crippen molar-refractivity contribution in [2.24, 2.45) is 0 Å². The van der Waals surface area contributed by atoms with Gasteiger partial charge in [-0.15, -0.1) is 0 Å². The van der Waals surface area contributed by atoms with E-state index >= 15 is 0 Å². The first-order valence-corrected chi connectivity index (χ1v) is 9.20. The molecule has 25 heavy (non-hydrogen) atoms. The number of hydrogen-bond acceptors (Lipinski definition) is 5. The quantitative estimate of drug-likeness (QED) is 0.836. The third-order valence-electron chi connectivity index (χ3n) is 5.69. The number of ether oxygens (including phenoxy) is 1. The molecule has 1 unspecified atom stereocenters. The third kappa shape index (κ3) is 3.94. The summed E-state index contributed by atoms with van der Waals surface area (Å²) < 4.78 is 11.8. The second-order valence-corrected chi connectivity index (χ2v) is 7.48. The Balaban J connectivity index is 1.28. The van der Waals surface area contributed by atoms with Crippen LogP contribution >= 0.6 is 0 Å². The molecular formula is C20H27N3O2. The van der Waals surface area contributed by atoms with Crippen molar-refractivity contribution in [2.75, 3.05) is 26.7 Å². The highest BCUT2D eigenvalue weighted by atomic mass is 16.5. The molecule has 0 aliphatic carbocycles. The Morgan fingerprint density at radius 3 is 2.88 bits per heavy atom. The largest absolute Gasteiger partial charge is 0.468 e. The van der Waals surface area contributed by atoms with Gasteiger partial charge in [-0.25, -0.2) is 0 Å². The monoisotopic (exact) mass is 341 g/mol. The van der Waals surface area contributed by atoms with Gasteiger partial charge in [0.25, 0.3) is 0 Å².